The Hall–Kier alpha value is -1.66. The number of carbonyl (C=O) groups excluding carboxylic acids is 2. The molecule has 0 spiro atoms. The van der Waals surface area contributed by atoms with Gasteiger partial charge >= 0.3 is 0 Å². The van der Waals surface area contributed by atoms with Gasteiger partial charge in [0, 0.05) is 22.8 Å². The predicted molar refractivity (Wildman–Crippen MR) is 105 cm³/mol. The van der Waals surface area contributed by atoms with E-state index in [1.54, 1.807) is 22.7 Å². The van der Waals surface area contributed by atoms with E-state index in [0.29, 0.717) is 19.5 Å². The highest BCUT2D eigenvalue weighted by molar-refractivity contribution is 7.17. The molecule has 0 unspecified atom stereocenters. The van der Waals surface area contributed by atoms with Gasteiger partial charge in [-0.3, -0.25) is 9.59 Å². The molecule has 1 aliphatic rings. The summed E-state index contributed by atoms with van der Waals surface area (Å²) in [6.07, 6.45) is 4.59. The lowest BCUT2D eigenvalue weighted by Gasteiger charge is -2.21. The molecule has 3 rings (SSSR count). The summed E-state index contributed by atoms with van der Waals surface area (Å²) < 4.78 is 0. The highest BCUT2D eigenvalue weighted by Gasteiger charge is 2.28. The van der Waals surface area contributed by atoms with Gasteiger partial charge in [-0.25, -0.2) is 0 Å². The molecule has 0 fully saturated rings. The number of thiophene rings is 2. The smallest absolute Gasteiger partial charge is 0.257 e. The minimum Gasteiger partial charge on any atom is -0.339 e. The molecule has 0 radical (unpaired) electrons. The van der Waals surface area contributed by atoms with Crippen LogP contribution in [-0.2, 0) is 24.1 Å². The lowest BCUT2D eigenvalue weighted by Crippen LogP contribution is -2.32. The van der Waals surface area contributed by atoms with Crippen LogP contribution in [-0.4, -0.2) is 29.8 Å². The molecule has 1 aliphatic carbocycles. The van der Waals surface area contributed by atoms with Crippen LogP contribution < -0.4 is 5.32 Å². The van der Waals surface area contributed by atoms with Crippen molar-refractivity contribution >= 4 is 39.5 Å². The third-order valence-electron chi connectivity index (χ3n) is 4.60. The molecule has 0 aromatic carbocycles. The Balaban J connectivity index is 1.88. The third kappa shape index (κ3) is 3.96. The SMILES string of the molecule is CCN(CC)C(=O)c1c(NC(=O)Cc2cccs2)sc2c1CCCC2. The van der Waals surface area contributed by atoms with E-state index in [4.69, 9.17) is 0 Å². The zero-order valence-electron chi connectivity index (χ0n) is 14.8. The number of hydrogen-bond acceptors (Lipinski definition) is 4. The normalized spacial score (nSPS) is 13.4. The number of hydrogen-bond donors (Lipinski definition) is 1. The Bertz CT molecular complexity index is 746. The second-order valence-corrected chi connectivity index (χ2v) is 8.33. The molecule has 2 heterocycles. The van der Waals surface area contributed by atoms with E-state index >= 15 is 0 Å². The van der Waals surface area contributed by atoms with Gasteiger partial charge in [0.15, 0.2) is 0 Å². The van der Waals surface area contributed by atoms with Crippen molar-refractivity contribution in [2.24, 2.45) is 0 Å². The summed E-state index contributed by atoms with van der Waals surface area (Å²) in [5.41, 5.74) is 1.91. The van der Waals surface area contributed by atoms with E-state index < -0.39 is 0 Å². The average Bonchev–Trinajstić information content (AvgIpc) is 3.22. The van der Waals surface area contributed by atoms with Gasteiger partial charge in [-0.1, -0.05) is 6.07 Å². The standard InChI is InChI=1S/C19H24N2O2S2/c1-3-21(4-2)19(23)17-14-9-5-6-10-15(14)25-18(17)20-16(22)12-13-8-7-11-24-13/h7-8,11H,3-6,9-10,12H2,1-2H3,(H,20,22). The largest absolute Gasteiger partial charge is 0.339 e. The quantitative estimate of drug-likeness (QED) is 0.815. The first-order chi connectivity index (χ1) is 12.1. The highest BCUT2D eigenvalue weighted by atomic mass is 32.1. The van der Waals surface area contributed by atoms with Crippen LogP contribution in [0.3, 0.4) is 0 Å². The van der Waals surface area contributed by atoms with Crippen LogP contribution in [0.4, 0.5) is 5.00 Å². The van der Waals surface area contributed by atoms with Crippen molar-refractivity contribution < 1.29 is 9.59 Å². The fourth-order valence-electron chi connectivity index (χ4n) is 3.29. The second kappa shape index (κ2) is 8.15. The van der Waals surface area contributed by atoms with Crippen molar-refractivity contribution in [2.75, 3.05) is 18.4 Å². The lowest BCUT2D eigenvalue weighted by atomic mass is 9.95. The van der Waals surface area contributed by atoms with Crippen molar-refractivity contribution in [3.05, 3.63) is 38.4 Å². The van der Waals surface area contributed by atoms with Crippen LogP contribution in [0.2, 0.25) is 0 Å². The van der Waals surface area contributed by atoms with E-state index in [1.165, 1.54) is 10.4 Å². The number of carbonyl (C=O) groups is 2. The molecule has 2 aromatic heterocycles. The van der Waals surface area contributed by atoms with Crippen molar-refractivity contribution in [2.45, 2.75) is 46.0 Å². The molecule has 1 N–H and O–H groups in total. The Kier molecular flexibility index (Phi) is 5.91. The van der Waals surface area contributed by atoms with E-state index in [2.05, 4.69) is 5.32 Å². The van der Waals surface area contributed by atoms with Crippen LogP contribution >= 0.6 is 22.7 Å². The molecular weight excluding hydrogens is 352 g/mol. The summed E-state index contributed by atoms with van der Waals surface area (Å²) in [6.45, 7) is 5.36. The summed E-state index contributed by atoms with van der Waals surface area (Å²) in [5.74, 6) is 0.00506. The average molecular weight is 377 g/mol. The molecule has 134 valence electrons. The maximum atomic E-state index is 13.0. The molecule has 0 bridgehead atoms. The monoisotopic (exact) mass is 376 g/mol. The molecule has 6 heteroatoms. The van der Waals surface area contributed by atoms with E-state index in [9.17, 15) is 9.59 Å². The van der Waals surface area contributed by atoms with Gasteiger partial charge in [0.25, 0.3) is 5.91 Å². The van der Waals surface area contributed by atoms with Crippen molar-refractivity contribution in [1.29, 1.82) is 0 Å². The first kappa shape index (κ1) is 18.1. The maximum absolute atomic E-state index is 13.0. The van der Waals surface area contributed by atoms with Gasteiger partial charge < -0.3 is 10.2 Å². The van der Waals surface area contributed by atoms with Gasteiger partial charge in [0.05, 0.1) is 12.0 Å². The van der Waals surface area contributed by atoms with Gasteiger partial charge in [-0.2, -0.15) is 0 Å². The van der Waals surface area contributed by atoms with Crippen molar-refractivity contribution in [3.63, 3.8) is 0 Å². The number of aryl methyl sites for hydroxylation is 1. The molecule has 0 aliphatic heterocycles. The molecule has 0 atom stereocenters. The predicted octanol–water partition coefficient (Wildman–Crippen LogP) is 4.35. The number of anilines is 1. The minimum absolute atomic E-state index is 0.0466. The summed E-state index contributed by atoms with van der Waals surface area (Å²) in [4.78, 5) is 29.6. The first-order valence-electron chi connectivity index (χ1n) is 8.90. The van der Waals surface area contributed by atoms with E-state index in [-0.39, 0.29) is 11.8 Å². The van der Waals surface area contributed by atoms with Crippen molar-refractivity contribution in [1.82, 2.24) is 4.90 Å². The minimum atomic E-state index is -0.0466. The maximum Gasteiger partial charge on any atom is 0.257 e. The number of rotatable bonds is 6. The van der Waals surface area contributed by atoms with Crippen LogP contribution in [0.5, 0.6) is 0 Å². The molecular formula is C19H24N2O2S2. The van der Waals surface area contributed by atoms with Gasteiger partial charge in [-0.05, 0) is 56.5 Å². The molecule has 0 saturated carbocycles. The van der Waals surface area contributed by atoms with Crippen LogP contribution in [0.15, 0.2) is 17.5 Å². The second-order valence-electron chi connectivity index (χ2n) is 6.20. The molecule has 25 heavy (non-hydrogen) atoms. The number of amides is 2. The topological polar surface area (TPSA) is 49.4 Å². The van der Waals surface area contributed by atoms with Gasteiger partial charge in [0.2, 0.25) is 5.91 Å². The zero-order valence-corrected chi connectivity index (χ0v) is 16.4. The first-order valence-corrected chi connectivity index (χ1v) is 10.6. The fraction of sp³-hybridized carbons (Fsp3) is 0.474. The Labute approximate surface area is 156 Å². The summed E-state index contributed by atoms with van der Waals surface area (Å²) in [5, 5.41) is 5.74. The fourth-order valence-corrected chi connectivity index (χ4v) is 5.29. The number of nitrogens with zero attached hydrogens (tertiary/aromatic N) is 1. The molecule has 4 nitrogen and oxygen atoms in total. The van der Waals surface area contributed by atoms with Crippen LogP contribution in [0.1, 0.15) is 52.4 Å². The molecule has 2 amide bonds. The van der Waals surface area contributed by atoms with Crippen molar-refractivity contribution in [3.8, 4) is 0 Å². The Morgan fingerprint density at radius 2 is 1.96 bits per heavy atom. The van der Waals surface area contributed by atoms with Gasteiger partial charge in [0.1, 0.15) is 5.00 Å². The van der Waals surface area contributed by atoms with E-state index in [1.807, 2.05) is 36.3 Å². The van der Waals surface area contributed by atoms with Crippen LogP contribution in [0, 0.1) is 0 Å². The zero-order chi connectivity index (χ0) is 17.8. The summed E-state index contributed by atoms with van der Waals surface area (Å²) >= 11 is 3.17. The Morgan fingerprint density at radius 3 is 2.64 bits per heavy atom. The highest BCUT2D eigenvalue weighted by Crippen LogP contribution is 2.39. The number of nitrogens with one attached hydrogen (secondary N) is 1. The lowest BCUT2D eigenvalue weighted by molar-refractivity contribution is -0.115. The third-order valence-corrected chi connectivity index (χ3v) is 6.69. The summed E-state index contributed by atoms with van der Waals surface area (Å²) in [6, 6.07) is 3.91. The molecule has 0 saturated heterocycles. The van der Waals surface area contributed by atoms with Crippen LogP contribution in [0.25, 0.3) is 0 Å². The molecule has 2 aromatic rings. The summed E-state index contributed by atoms with van der Waals surface area (Å²) in [7, 11) is 0. The number of fused-ring (bicyclic) bond motifs is 1. The van der Waals surface area contributed by atoms with Gasteiger partial charge in [-0.15, -0.1) is 22.7 Å². The van der Waals surface area contributed by atoms with E-state index in [0.717, 1.165) is 41.1 Å². The Morgan fingerprint density at radius 1 is 1.20 bits per heavy atom.